The zero-order chi connectivity index (χ0) is 19.8. The molecule has 1 aliphatic rings. The maximum atomic E-state index is 12.1. The van der Waals surface area contributed by atoms with Gasteiger partial charge in [-0.1, -0.05) is 19.1 Å². The van der Waals surface area contributed by atoms with Crippen LogP contribution in [0.4, 0.5) is 4.79 Å². The lowest BCUT2D eigenvalue weighted by Gasteiger charge is -2.26. The molecule has 1 atom stereocenters. The normalized spacial score (nSPS) is 16.3. The quantitative estimate of drug-likeness (QED) is 0.670. The van der Waals surface area contributed by atoms with Crippen LogP contribution in [0.1, 0.15) is 26.3 Å². The second-order valence-electron chi connectivity index (χ2n) is 5.88. The molecule has 0 radical (unpaired) electrons. The Hall–Kier alpha value is -3.03. The van der Waals surface area contributed by atoms with Gasteiger partial charge in [-0.25, -0.2) is 14.4 Å². The van der Waals surface area contributed by atoms with Crippen LogP contribution in [0.15, 0.2) is 35.5 Å². The predicted octanol–water partition coefficient (Wildman–Crippen LogP) is 1.69. The fourth-order valence-electron chi connectivity index (χ4n) is 2.55. The van der Waals surface area contributed by atoms with Crippen LogP contribution in [0, 0.1) is 0 Å². The largest absolute Gasteiger partial charge is 0.482 e. The van der Waals surface area contributed by atoms with Crippen molar-refractivity contribution >= 4 is 18.0 Å². The van der Waals surface area contributed by atoms with E-state index in [1.54, 1.807) is 26.0 Å². The second kappa shape index (κ2) is 9.61. The van der Waals surface area contributed by atoms with E-state index >= 15 is 0 Å². The topological polar surface area (TPSA) is 103 Å². The van der Waals surface area contributed by atoms with Crippen molar-refractivity contribution in [3.05, 3.63) is 41.1 Å². The van der Waals surface area contributed by atoms with Gasteiger partial charge in [0, 0.05) is 0 Å². The van der Waals surface area contributed by atoms with Crippen LogP contribution in [-0.4, -0.2) is 43.8 Å². The van der Waals surface area contributed by atoms with Gasteiger partial charge in [0.1, 0.15) is 12.4 Å². The average Bonchev–Trinajstić information content (AvgIpc) is 2.64. The van der Waals surface area contributed by atoms with Crippen molar-refractivity contribution in [3.8, 4) is 5.75 Å². The molecule has 0 aliphatic carbocycles. The van der Waals surface area contributed by atoms with E-state index in [1.807, 2.05) is 19.1 Å². The molecule has 0 fully saturated rings. The first-order chi connectivity index (χ1) is 12.9. The minimum absolute atomic E-state index is 0.195. The summed E-state index contributed by atoms with van der Waals surface area (Å²) in [5.74, 6) is -0.638. The Morgan fingerprint density at radius 1 is 1.11 bits per heavy atom. The van der Waals surface area contributed by atoms with Gasteiger partial charge in [-0.2, -0.15) is 0 Å². The number of ether oxygens (including phenoxy) is 3. The van der Waals surface area contributed by atoms with Crippen LogP contribution < -0.4 is 15.4 Å². The summed E-state index contributed by atoms with van der Waals surface area (Å²) in [6.07, 6.45) is 0.916. The molecule has 0 saturated carbocycles. The summed E-state index contributed by atoms with van der Waals surface area (Å²) in [4.78, 5) is 35.7. The van der Waals surface area contributed by atoms with Crippen molar-refractivity contribution in [2.45, 2.75) is 33.2 Å². The molecule has 8 heteroatoms. The summed E-state index contributed by atoms with van der Waals surface area (Å²) in [5, 5.41) is 5.06. The maximum absolute atomic E-state index is 12.1. The molecule has 1 aliphatic heterocycles. The SMILES string of the molecule is CCOC(=O)C1=C(COC(=O)COc2ccc(CC)cc2)NC(=O)N[C@H]1C. The van der Waals surface area contributed by atoms with E-state index in [0.717, 1.165) is 6.42 Å². The smallest absolute Gasteiger partial charge is 0.344 e. The molecule has 2 amide bonds. The van der Waals surface area contributed by atoms with E-state index in [-0.39, 0.29) is 31.1 Å². The Morgan fingerprint density at radius 2 is 1.81 bits per heavy atom. The monoisotopic (exact) mass is 376 g/mol. The molecule has 1 aromatic carbocycles. The summed E-state index contributed by atoms with van der Waals surface area (Å²) < 4.78 is 15.5. The summed E-state index contributed by atoms with van der Waals surface area (Å²) in [6.45, 7) is 5.03. The lowest BCUT2D eigenvalue weighted by molar-refractivity contribution is -0.145. The van der Waals surface area contributed by atoms with Crippen LogP contribution in [0.25, 0.3) is 0 Å². The number of esters is 2. The zero-order valence-corrected chi connectivity index (χ0v) is 15.7. The molecule has 1 heterocycles. The van der Waals surface area contributed by atoms with Gasteiger partial charge < -0.3 is 24.8 Å². The van der Waals surface area contributed by atoms with Crippen LogP contribution >= 0.6 is 0 Å². The number of carbonyl (C=O) groups excluding carboxylic acids is 3. The van der Waals surface area contributed by atoms with Crippen LogP contribution in [0.2, 0.25) is 0 Å². The Morgan fingerprint density at radius 3 is 2.44 bits per heavy atom. The minimum atomic E-state index is -0.620. The van der Waals surface area contributed by atoms with E-state index in [0.29, 0.717) is 5.75 Å². The summed E-state index contributed by atoms with van der Waals surface area (Å²) in [5.41, 5.74) is 1.59. The first-order valence-corrected chi connectivity index (χ1v) is 8.79. The first-order valence-electron chi connectivity index (χ1n) is 8.79. The van der Waals surface area contributed by atoms with Gasteiger partial charge in [0.05, 0.1) is 23.9 Å². The van der Waals surface area contributed by atoms with Gasteiger partial charge in [-0.15, -0.1) is 0 Å². The summed E-state index contributed by atoms with van der Waals surface area (Å²) >= 11 is 0. The third kappa shape index (κ3) is 5.73. The van der Waals surface area contributed by atoms with Crippen molar-refractivity contribution in [2.24, 2.45) is 0 Å². The van der Waals surface area contributed by atoms with E-state index in [9.17, 15) is 14.4 Å². The molecule has 8 nitrogen and oxygen atoms in total. The molecular weight excluding hydrogens is 352 g/mol. The molecule has 2 N–H and O–H groups in total. The number of hydrogen-bond acceptors (Lipinski definition) is 6. The lowest BCUT2D eigenvalue weighted by Crippen LogP contribution is -2.50. The number of carbonyl (C=O) groups is 3. The van der Waals surface area contributed by atoms with Gasteiger partial charge in [0.15, 0.2) is 6.61 Å². The highest BCUT2D eigenvalue weighted by Crippen LogP contribution is 2.15. The number of aryl methyl sites for hydroxylation is 1. The highest BCUT2D eigenvalue weighted by Gasteiger charge is 2.30. The third-order valence-electron chi connectivity index (χ3n) is 3.93. The number of urea groups is 1. The predicted molar refractivity (Wildman–Crippen MR) is 97.1 cm³/mol. The number of amides is 2. The Balaban J connectivity index is 1.94. The van der Waals surface area contributed by atoms with E-state index in [2.05, 4.69) is 10.6 Å². The van der Waals surface area contributed by atoms with Gasteiger partial charge >= 0.3 is 18.0 Å². The van der Waals surface area contributed by atoms with E-state index in [4.69, 9.17) is 14.2 Å². The number of hydrogen-bond donors (Lipinski definition) is 2. The fourth-order valence-corrected chi connectivity index (χ4v) is 2.55. The number of benzene rings is 1. The van der Waals surface area contributed by atoms with Crippen molar-refractivity contribution in [1.82, 2.24) is 10.6 Å². The Kier molecular flexibility index (Phi) is 7.22. The number of nitrogens with one attached hydrogen (secondary N) is 2. The van der Waals surface area contributed by atoms with Gasteiger partial charge in [-0.05, 0) is 38.0 Å². The Labute approximate surface area is 157 Å². The van der Waals surface area contributed by atoms with Gasteiger partial charge in [0.2, 0.25) is 0 Å². The molecule has 27 heavy (non-hydrogen) atoms. The zero-order valence-electron chi connectivity index (χ0n) is 15.7. The highest BCUT2D eigenvalue weighted by molar-refractivity contribution is 5.94. The number of rotatable bonds is 8. The van der Waals surface area contributed by atoms with Crippen molar-refractivity contribution in [1.29, 1.82) is 0 Å². The molecule has 0 aromatic heterocycles. The van der Waals surface area contributed by atoms with E-state index in [1.165, 1.54) is 5.56 Å². The van der Waals surface area contributed by atoms with Crippen molar-refractivity contribution in [3.63, 3.8) is 0 Å². The van der Waals surface area contributed by atoms with Crippen LogP contribution in [0.3, 0.4) is 0 Å². The molecule has 0 unspecified atom stereocenters. The molecule has 0 spiro atoms. The molecular formula is C19H24N2O6. The first kappa shape index (κ1) is 20.3. The van der Waals surface area contributed by atoms with Crippen LogP contribution in [-0.2, 0) is 25.5 Å². The van der Waals surface area contributed by atoms with Crippen molar-refractivity contribution in [2.75, 3.05) is 19.8 Å². The second-order valence-corrected chi connectivity index (χ2v) is 5.88. The molecule has 146 valence electrons. The minimum Gasteiger partial charge on any atom is -0.482 e. The molecule has 1 aromatic rings. The molecule has 0 saturated heterocycles. The average molecular weight is 376 g/mol. The van der Waals surface area contributed by atoms with Gasteiger partial charge in [0.25, 0.3) is 0 Å². The Bertz CT molecular complexity index is 726. The standard InChI is InChI=1S/C19H24N2O6/c1-4-13-6-8-14(9-7-13)26-11-16(22)27-10-15-17(18(23)25-5-2)12(3)20-19(24)21-15/h6-9,12H,4-5,10-11H2,1-3H3,(H2,20,21,24)/t12-/m0/s1. The summed E-state index contributed by atoms with van der Waals surface area (Å²) in [6, 6.07) is 6.37. The highest BCUT2D eigenvalue weighted by atomic mass is 16.6. The van der Waals surface area contributed by atoms with E-state index < -0.39 is 24.0 Å². The summed E-state index contributed by atoms with van der Waals surface area (Å²) in [7, 11) is 0. The molecule has 2 rings (SSSR count). The lowest BCUT2D eigenvalue weighted by atomic mass is 10.0. The van der Waals surface area contributed by atoms with Crippen molar-refractivity contribution < 1.29 is 28.6 Å². The fraction of sp³-hybridized carbons (Fsp3) is 0.421. The maximum Gasteiger partial charge on any atom is 0.344 e. The van der Waals surface area contributed by atoms with Crippen LogP contribution in [0.5, 0.6) is 5.75 Å². The third-order valence-corrected chi connectivity index (χ3v) is 3.93. The van der Waals surface area contributed by atoms with Gasteiger partial charge in [-0.3, -0.25) is 0 Å². The molecule has 0 bridgehead atoms.